The zero-order chi connectivity index (χ0) is 9.80. The maximum absolute atomic E-state index is 9.64. The van der Waals surface area contributed by atoms with Gasteiger partial charge < -0.3 is 10.4 Å². The molecule has 2 aliphatic rings. The Morgan fingerprint density at radius 3 is 2.36 bits per heavy atom. The summed E-state index contributed by atoms with van der Waals surface area (Å²) < 4.78 is 0. The second kappa shape index (κ2) is 5.13. The van der Waals surface area contributed by atoms with Crippen molar-refractivity contribution in [2.45, 2.75) is 51.0 Å². The third kappa shape index (κ3) is 2.71. The van der Waals surface area contributed by atoms with E-state index in [-0.39, 0.29) is 6.10 Å². The summed E-state index contributed by atoms with van der Waals surface area (Å²) in [6.45, 7) is 2.22. The molecule has 0 aliphatic heterocycles. The van der Waals surface area contributed by atoms with Crippen molar-refractivity contribution in [2.24, 2.45) is 11.8 Å². The summed E-state index contributed by atoms with van der Waals surface area (Å²) in [5.74, 6) is 1.46. The van der Waals surface area contributed by atoms with Gasteiger partial charge in [-0.2, -0.15) is 0 Å². The second-order valence-corrected chi connectivity index (χ2v) is 5.07. The van der Waals surface area contributed by atoms with Gasteiger partial charge in [-0.3, -0.25) is 0 Å². The molecule has 0 aromatic rings. The monoisotopic (exact) mass is 197 g/mol. The summed E-state index contributed by atoms with van der Waals surface area (Å²) in [4.78, 5) is 0. The van der Waals surface area contributed by atoms with Gasteiger partial charge in [0.2, 0.25) is 0 Å². The summed E-state index contributed by atoms with van der Waals surface area (Å²) in [6.07, 6.45) is 9.13. The SMILES string of the molecule is OC1CCCC1CNCC1CCCC1. The third-order valence-electron chi connectivity index (χ3n) is 3.93. The quantitative estimate of drug-likeness (QED) is 0.722. The number of rotatable bonds is 4. The highest BCUT2D eigenvalue weighted by atomic mass is 16.3. The Labute approximate surface area is 87.1 Å². The summed E-state index contributed by atoms with van der Waals surface area (Å²) in [5, 5.41) is 13.2. The van der Waals surface area contributed by atoms with Gasteiger partial charge in [-0.15, -0.1) is 0 Å². The molecule has 2 fully saturated rings. The molecule has 2 rings (SSSR count). The van der Waals surface area contributed by atoms with E-state index in [1.165, 1.54) is 45.1 Å². The van der Waals surface area contributed by atoms with Gasteiger partial charge in [0.15, 0.2) is 0 Å². The summed E-state index contributed by atoms with van der Waals surface area (Å²) in [6, 6.07) is 0. The molecule has 0 spiro atoms. The van der Waals surface area contributed by atoms with E-state index in [0.29, 0.717) is 5.92 Å². The summed E-state index contributed by atoms with van der Waals surface area (Å²) in [5.41, 5.74) is 0. The predicted octanol–water partition coefficient (Wildman–Crippen LogP) is 1.93. The van der Waals surface area contributed by atoms with Crippen LogP contribution >= 0.6 is 0 Å². The predicted molar refractivity (Wildman–Crippen MR) is 58.2 cm³/mol. The second-order valence-electron chi connectivity index (χ2n) is 5.07. The Hall–Kier alpha value is -0.0800. The molecular formula is C12H23NO. The van der Waals surface area contributed by atoms with Crippen molar-refractivity contribution in [3.8, 4) is 0 Å². The molecule has 0 saturated heterocycles. The molecule has 82 valence electrons. The normalized spacial score (nSPS) is 34.1. The molecule has 0 bridgehead atoms. The minimum atomic E-state index is -0.0221. The Kier molecular flexibility index (Phi) is 3.82. The van der Waals surface area contributed by atoms with Gasteiger partial charge in [-0.25, -0.2) is 0 Å². The van der Waals surface area contributed by atoms with Crippen LogP contribution in [0.4, 0.5) is 0 Å². The van der Waals surface area contributed by atoms with Crippen molar-refractivity contribution in [3.05, 3.63) is 0 Å². The molecule has 2 nitrogen and oxygen atoms in total. The van der Waals surface area contributed by atoms with Crippen LogP contribution in [0.5, 0.6) is 0 Å². The zero-order valence-corrected chi connectivity index (χ0v) is 9.04. The van der Waals surface area contributed by atoms with Crippen molar-refractivity contribution >= 4 is 0 Å². The lowest BCUT2D eigenvalue weighted by molar-refractivity contribution is 0.131. The fourth-order valence-corrected chi connectivity index (χ4v) is 2.94. The summed E-state index contributed by atoms with van der Waals surface area (Å²) >= 11 is 0. The van der Waals surface area contributed by atoms with Crippen LogP contribution in [0.2, 0.25) is 0 Å². The van der Waals surface area contributed by atoms with E-state index >= 15 is 0 Å². The molecule has 0 heterocycles. The minimum absolute atomic E-state index is 0.0221. The Balaban J connectivity index is 1.57. The topological polar surface area (TPSA) is 32.3 Å². The molecule has 2 aliphatic carbocycles. The molecule has 2 heteroatoms. The Morgan fingerprint density at radius 2 is 1.71 bits per heavy atom. The van der Waals surface area contributed by atoms with Gasteiger partial charge in [-0.1, -0.05) is 19.3 Å². The lowest BCUT2D eigenvalue weighted by Gasteiger charge is -2.17. The molecule has 2 N–H and O–H groups in total. The van der Waals surface area contributed by atoms with Crippen molar-refractivity contribution in [3.63, 3.8) is 0 Å². The largest absolute Gasteiger partial charge is 0.393 e. The molecule has 0 aromatic heterocycles. The van der Waals surface area contributed by atoms with Crippen LogP contribution in [-0.4, -0.2) is 24.3 Å². The lowest BCUT2D eigenvalue weighted by Crippen LogP contribution is -2.30. The van der Waals surface area contributed by atoms with E-state index < -0.39 is 0 Å². The number of aliphatic hydroxyl groups excluding tert-OH is 1. The van der Waals surface area contributed by atoms with Crippen LogP contribution in [0.3, 0.4) is 0 Å². The van der Waals surface area contributed by atoms with Crippen LogP contribution in [-0.2, 0) is 0 Å². The van der Waals surface area contributed by atoms with Gasteiger partial charge in [-0.05, 0) is 44.1 Å². The molecule has 0 radical (unpaired) electrons. The lowest BCUT2D eigenvalue weighted by atomic mass is 10.0. The fraction of sp³-hybridized carbons (Fsp3) is 1.00. The summed E-state index contributed by atoms with van der Waals surface area (Å²) in [7, 11) is 0. The highest BCUT2D eigenvalue weighted by Gasteiger charge is 2.25. The van der Waals surface area contributed by atoms with Crippen LogP contribution in [0.25, 0.3) is 0 Å². The van der Waals surface area contributed by atoms with Crippen molar-refractivity contribution in [1.29, 1.82) is 0 Å². The van der Waals surface area contributed by atoms with Gasteiger partial charge >= 0.3 is 0 Å². The average Bonchev–Trinajstić information content (AvgIpc) is 2.78. The first-order valence-electron chi connectivity index (χ1n) is 6.25. The van der Waals surface area contributed by atoms with Crippen LogP contribution in [0, 0.1) is 11.8 Å². The van der Waals surface area contributed by atoms with E-state index in [1.54, 1.807) is 0 Å². The van der Waals surface area contributed by atoms with Gasteiger partial charge in [0, 0.05) is 6.54 Å². The van der Waals surface area contributed by atoms with E-state index in [4.69, 9.17) is 0 Å². The van der Waals surface area contributed by atoms with E-state index in [0.717, 1.165) is 18.9 Å². The molecule has 2 unspecified atom stereocenters. The first-order valence-corrected chi connectivity index (χ1v) is 6.25. The smallest absolute Gasteiger partial charge is 0.0580 e. The standard InChI is InChI=1S/C12H23NO/c14-12-7-3-6-11(12)9-13-8-10-4-1-2-5-10/h10-14H,1-9H2. The molecule has 14 heavy (non-hydrogen) atoms. The minimum Gasteiger partial charge on any atom is -0.393 e. The third-order valence-corrected chi connectivity index (χ3v) is 3.93. The molecule has 2 saturated carbocycles. The van der Waals surface area contributed by atoms with Gasteiger partial charge in [0.1, 0.15) is 0 Å². The number of hydrogen-bond donors (Lipinski definition) is 2. The highest BCUT2D eigenvalue weighted by molar-refractivity contribution is 4.79. The van der Waals surface area contributed by atoms with Crippen molar-refractivity contribution in [1.82, 2.24) is 5.32 Å². The van der Waals surface area contributed by atoms with Gasteiger partial charge in [0.25, 0.3) is 0 Å². The van der Waals surface area contributed by atoms with E-state index in [2.05, 4.69) is 5.32 Å². The zero-order valence-electron chi connectivity index (χ0n) is 9.04. The maximum atomic E-state index is 9.64. The molecule has 0 aromatic carbocycles. The van der Waals surface area contributed by atoms with Crippen LogP contribution in [0.15, 0.2) is 0 Å². The first kappa shape index (κ1) is 10.4. The maximum Gasteiger partial charge on any atom is 0.0580 e. The number of aliphatic hydroxyl groups is 1. The van der Waals surface area contributed by atoms with Crippen LogP contribution in [0.1, 0.15) is 44.9 Å². The average molecular weight is 197 g/mol. The van der Waals surface area contributed by atoms with Crippen molar-refractivity contribution in [2.75, 3.05) is 13.1 Å². The van der Waals surface area contributed by atoms with E-state index in [9.17, 15) is 5.11 Å². The molecule has 0 amide bonds. The highest BCUT2D eigenvalue weighted by Crippen LogP contribution is 2.26. The number of nitrogens with one attached hydrogen (secondary N) is 1. The van der Waals surface area contributed by atoms with Crippen molar-refractivity contribution < 1.29 is 5.11 Å². The molecular weight excluding hydrogens is 174 g/mol. The van der Waals surface area contributed by atoms with Gasteiger partial charge in [0.05, 0.1) is 6.10 Å². The number of hydrogen-bond acceptors (Lipinski definition) is 2. The van der Waals surface area contributed by atoms with E-state index in [1.807, 2.05) is 0 Å². The first-order chi connectivity index (χ1) is 6.86. The van der Waals surface area contributed by atoms with Crippen LogP contribution < -0.4 is 5.32 Å². The Bertz CT molecular complexity index is 166. The Morgan fingerprint density at radius 1 is 0.929 bits per heavy atom. The molecule has 2 atom stereocenters. The fourth-order valence-electron chi connectivity index (χ4n) is 2.94.